The third kappa shape index (κ3) is 3.43. The number of ether oxygens (including phenoxy) is 2. The Morgan fingerprint density at radius 3 is 3.09 bits per heavy atom. The van der Waals surface area contributed by atoms with E-state index in [0.29, 0.717) is 19.2 Å². The lowest BCUT2D eigenvalue weighted by Crippen LogP contribution is -2.37. The fraction of sp³-hybridized carbons (Fsp3) is 0.560. The predicted octanol–water partition coefficient (Wildman–Crippen LogP) is 2.29. The largest absolute Gasteiger partial charge is 0.461 e. The second-order valence-electron chi connectivity index (χ2n) is 10.1. The van der Waals surface area contributed by atoms with Gasteiger partial charge in [0.25, 0.3) is 0 Å². The van der Waals surface area contributed by atoms with Gasteiger partial charge in [-0.25, -0.2) is 4.68 Å². The summed E-state index contributed by atoms with van der Waals surface area (Å²) in [6.07, 6.45) is 5.09. The minimum Gasteiger partial charge on any atom is -0.461 e. The number of carbonyl (C=O) groups excluding carboxylic acids is 1. The molecule has 0 radical (unpaired) electrons. The molecule has 2 N–H and O–H groups in total. The molecule has 3 heterocycles. The summed E-state index contributed by atoms with van der Waals surface area (Å²) >= 11 is 0. The SMILES string of the molecule is CC1=C2C[C@H]3O[C@@]3(C)[C@@H]2[C@H]2OC(=O)[C@@H](CNCc3cn(-c4cccc(CO)c4)nn3)[C@@H]2CC1. The Bertz CT molecular complexity index is 1130. The summed E-state index contributed by atoms with van der Waals surface area (Å²) in [7, 11) is 0. The van der Waals surface area contributed by atoms with Gasteiger partial charge in [-0.1, -0.05) is 28.5 Å². The minimum absolute atomic E-state index is 0.0140. The number of aliphatic hydroxyl groups excluding tert-OH is 1. The van der Waals surface area contributed by atoms with E-state index < -0.39 is 0 Å². The Kier molecular flexibility index (Phi) is 4.94. The quantitative estimate of drug-likeness (QED) is 0.396. The molecule has 8 heteroatoms. The van der Waals surface area contributed by atoms with Gasteiger partial charge in [-0.3, -0.25) is 4.79 Å². The van der Waals surface area contributed by atoms with Crippen LogP contribution in [0.2, 0.25) is 0 Å². The molecule has 1 saturated carbocycles. The number of benzene rings is 1. The zero-order chi connectivity index (χ0) is 22.7. The number of nitrogens with zero attached hydrogens (tertiary/aromatic N) is 3. The number of hydrogen-bond acceptors (Lipinski definition) is 7. The van der Waals surface area contributed by atoms with Crippen LogP contribution in [0.25, 0.3) is 5.69 Å². The highest BCUT2D eigenvalue weighted by Crippen LogP contribution is 2.62. The molecule has 4 aliphatic rings. The van der Waals surface area contributed by atoms with Crippen molar-refractivity contribution in [3.63, 3.8) is 0 Å². The molecule has 0 bridgehead atoms. The van der Waals surface area contributed by atoms with Gasteiger partial charge < -0.3 is 19.9 Å². The molecule has 2 aromatic rings. The van der Waals surface area contributed by atoms with E-state index in [1.165, 1.54) is 11.1 Å². The summed E-state index contributed by atoms with van der Waals surface area (Å²) in [5, 5.41) is 21.2. The van der Waals surface area contributed by atoms with Crippen molar-refractivity contribution in [1.29, 1.82) is 0 Å². The number of rotatable bonds is 6. The van der Waals surface area contributed by atoms with Crippen molar-refractivity contribution in [1.82, 2.24) is 20.3 Å². The van der Waals surface area contributed by atoms with Crippen LogP contribution in [0.3, 0.4) is 0 Å². The van der Waals surface area contributed by atoms with Crippen LogP contribution in [0.4, 0.5) is 0 Å². The van der Waals surface area contributed by atoms with Gasteiger partial charge in [0.05, 0.1) is 36.2 Å². The molecular formula is C25H30N4O4. The lowest BCUT2D eigenvalue weighted by atomic mass is 9.78. The summed E-state index contributed by atoms with van der Waals surface area (Å²) in [5.41, 5.74) is 5.27. The number of aromatic nitrogens is 3. The predicted molar refractivity (Wildman–Crippen MR) is 119 cm³/mol. The molecule has 6 rings (SSSR count). The molecule has 0 amide bonds. The third-order valence-corrected chi connectivity index (χ3v) is 8.17. The molecule has 0 unspecified atom stereocenters. The maximum atomic E-state index is 12.9. The number of epoxide rings is 1. The molecule has 1 aromatic carbocycles. The van der Waals surface area contributed by atoms with E-state index in [1.807, 2.05) is 30.5 Å². The summed E-state index contributed by atoms with van der Waals surface area (Å²) in [6.45, 7) is 5.50. The van der Waals surface area contributed by atoms with Crippen molar-refractivity contribution < 1.29 is 19.4 Å². The van der Waals surface area contributed by atoms with Crippen molar-refractivity contribution in [3.05, 3.63) is 52.9 Å². The van der Waals surface area contributed by atoms with Gasteiger partial charge in [0.15, 0.2) is 0 Å². The van der Waals surface area contributed by atoms with Crippen LogP contribution < -0.4 is 5.32 Å². The van der Waals surface area contributed by atoms with Crippen LogP contribution in [0.5, 0.6) is 0 Å². The molecule has 33 heavy (non-hydrogen) atoms. The first-order valence-electron chi connectivity index (χ1n) is 11.9. The molecule has 174 valence electrons. The minimum atomic E-state index is -0.154. The molecule has 2 aliphatic carbocycles. The van der Waals surface area contributed by atoms with Gasteiger partial charge in [0.2, 0.25) is 0 Å². The van der Waals surface area contributed by atoms with Crippen molar-refractivity contribution in [2.24, 2.45) is 17.8 Å². The molecule has 3 fully saturated rings. The number of aliphatic hydroxyl groups is 1. The molecule has 8 nitrogen and oxygen atoms in total. The van der Waals surface area contributed by atoms with E-state index in [0.717, 1.165) is 36.2 Å². The van der Waals surface area contributed by atoms with E-state index in [1.54, 1.807) is 4.68 Å². The molecule has 2 saturated heterocycles. The normalized spacial score (nSPS) is 34.5. The molecule has 0 spiro atoms. The van der Waals surface area contributed by atoms with Crippen molar-refractivity contribution in [2.45, 2.75) is 64.1 Å². The first kappa shape index (κ1) is 21.0. The summed E-state index contributed by atoms with van der Waals surface area (Å²) in [5.74, 6) is 0.172. The van der Waals surface area contributed by atoms with Crippen LogP contribution >= 0.6 is 0 Å². The molecule has 6 atom stereocenters. The smallest absolute Gasteiger partial charge is 0.310 e. The number of esters is 1. The maximum absolute atomic E-state index is 12.9. The van der Waals surface area contributed by atoms with E-state index in [2.05, 4.69) is 29.5 Å². The zero-order valence-electron chi connectivity index (χ0n) is 19.0. The van der Waals surface area contributed by atoms with Gasteiger partial charge in [-0.05, 0) is 50.8 Å². The Morgan fingerprint density at radius 1 is 1.36 bits per heavy atom. The summed E-state index contributed by atoms with van der Waals surface area (Å²) < 4.78 is 13.7. The highest BCUT2D eigenvalue weighted by molar-refractivity contribution is 5.76. The van der Waals surface area contributed by atoms with Gasteiger partial charge in [0, 0.05) is 24.9 Å². The highest BCUT2D eigenvalue weighted by atomic mass is 16.6. The van der Waals surface area contributed by atoms with Crippen molar-refractivity contribution in [2.75, 3.05) is 6.54 Å². The molecular weight excluding hydrogens is 420 g/mol. The third-order valence-electron chi connectivity index (χ3n) is 8.17. The topological polar surface area (TPSA) is 102 Å². The van der Waals surface area contributed by atoms with E-state index in [9.17, 15) is 9.90 Å². The monoisotopic (exact) mass is 450 g/mol. The number of fused-ring (bicyclic) bond motifs is 5. The van der Waals surface area contributed by atoms with Crippen LogP contribution in [0.1, 0.15) is 44.4 Å². The second kappa shape index (κ2) is 7.75. The standard InChI is InChI=1S/C25H30N4O4/c1-14-6-7-18-20(24(31)32-23(18)22-19(14)9-21-25(22,2)33-21)11-26-10-16-12-29(28-27-16)17-5-3-4-15(8-17)13-30/h3-5,8,12,18,20-23,26,30H,6-7,9-11,13H2,1-2H3/t18-,20-,21+,22-,23-,25+/m0/s1. The average Bonchev–Trinajstić information content (AvgIpc) is 3.10. The summed E-state index contributed by atoms with van der Waals surface area (Å²) in [4.78, 5) is 12.9. The van der Waals surface area contributed by atoms with Gasteiger partial charge in [0.1, 0.15) is 11.7 Å². The number of carbonyl (C=O) groups is 1. The van der Waals surface area contributed by atoms with Crippen LogP contribution in [0.15, 0.2) is 41.6 Å². The van der Waals surface area contributed by atoms with E-state index in [4.69, 9.17) is 9.47 Å². The lowest BCUT2D eigenvalue weighted by Gasteiger charge is -2.28. The Labute approximate surface area is 193 Å². The first-order valence-corrected chi connectivity index (χ1v) is 11.9. The Balaban J connectivity index is 1.12. The summed E-state index contributed by atoms with van der Waals surface area (Å²) in [6, 6.07) is 7.56. The molecule has 1 aromatic heterocycles. The number of allylic oxidation sites excluding steroid dienone is 1. The van der Waals surface area contributed by atoms with Gasteiger partial charge >= 0.3 is 5.97 Å². The van der Waals surface area contributed by atoms with Crippen LogP contribution in [-0.2, 0) is 27.4 Å². The van der Waals surface area contributed by atoms with Gasteiger partial charge in [-0.15, -0.1) is 5.10 Å². The second-order valence-corrected chi connectivity index (χ2v) is 10.1. The zero-order valence-corrected chi connectivity index (χ0v) is 19.0. The van der Waals surface area contributed by atoms with E-state index >= 15 is 0 Å². The lowest BCUT2D eigenvalue weighted by molar-refractivity contribution is -0.146. The Morgan fingerprint density at radius 2 is 2.24 bits per heavy atom. The fourth-order valence-electron chi connectivity index (χ4n) is 6.26. The van der Waals surface area contributed by atoms with Crippen molar-refractivity contribution >= 4 is 5.97 Å². The average molecular weight is 451 g/mol. The van der Waals surface area contributed by atoms with E-state index in [-0.39, 0.29) is 42.0 Å². The number of nitrogens with one attached hydrogen (secondary N) is 1. The maximum Gasteiger partial charge on any atom is 0.310 e. The van der Waals surface area contributed by atoms with Crippen molar-refractivity contribution in [3.8, 4) is 5.69 Å². The Hall–Kier alpha value is -2.55. The van der Waals surface area contributed by atoms with Crippen LogP contribution in [0, 0.1) is 17.8 Å². The van der Waals surface area contributed by atoms with Gasteiger partial charge in [-0.2, -0.15) is 0 Å². The highest BCUT2D eigenvalue weighted by Gasteiger charge is 2.69. The fourth-order valence-corrected chi connectivity index (χ4v) is 6.26. The molecule has 2 aliphatic heterocycles. The number of hydrogen-bond donors (Lipinski definition) is 2. The van der Waals surface area contributed by atoms with Crippen LogP contribution in [-0.4, -0.2) is 50.4 Å². The first-order chi connectivity index (χ1) is 16.0.